The van der Waals surface area contributed by atoms with E-state index in [1.807, 2.05) is 0 Å². The van der Waals surface area contributed by atoms with Crippen LogP contribution in [0.5, 0.6) is 0 Å². The summed E-state index contributed by atoms with van der Waals surface area (Å²) in [5.41, 5.74) is 1.03. The second-order valence-corrected chi connectivity index (χ2v) is 8.08. The van der Waals surface area contributed by atoms with E-state index in [0.717, 1.165) is 37.7 Å². The highest BCUT2D eigenvalue weighted by molar-refractivity contribution is 7.11. The van der Waals surface area contributed by atoms with Crippen LogP contribution in [0.2, 0.25) is 0 Å². The predicted molar refractivity (Wildman–Crippen MR) is 86.7 cm³/mol. The van der Waals surface area contributed by atoms with Gasteiger partial charge in [0.05, 0.1) is 10.7 Å². The van der Waals surface area contributed by atoms with Crippen molar-refractivity contribution in [2.75, 3.05) is 13.1 Å². The molecule has 2 aliphatic rings. The van der Waals surface area contributed by atoms with Crippen LogP contribution in [0, 0.1) is 5.92 Å². The highest BCUT2D eigenvalue weighted by atomic mass is 32.1. The highest BCUT2D eigenvalue weighted by Crippen LogP contribution is 2.30. The minimum Gasteiger partial charge on any atom is -0.297 e. The van der Waals surface area contributed by atoms with Crippen LogP contribution in [0.4, 0.5) is 13.2 Å². The molecule has 0 atom stereocenters. The largest absolute Gasteiger partial charge is 0.389 e. The normalized spacial score (nSPS) is 20.7. The van der Waals surface area contributed by atoms with Crippen molar-refractivity contribution < 1.29 is 13.2 Å². The van der Waals surface area contributed by atoms with E-state index in [2.05, 4.69) is 9.88 Å². The molecule has 2 heterocycles. The van der Waals surface area contributed by atoms with Crippen molar-refractivity contribution >= 4 is 11.3 Å². The molecule has 1 aliphatic heterocycles. The van der Waals surface area contributed by atoms with E-state index in [-0.39, 0.29) is 6.42 Å². The lowest BCUT2D eigenvalue weighted by molar-refractivity contribution is -0.134. The van der Waals surface area contributed by atoms with Crippen LogP contribution in [-0.2, 0) is 19.4 Å². The predicted octanol–water partition coefficient (Wildman–Crippen LogP) is 4.97. The maximum absolute atomic E-state index is 12.3. The first-order valence-electron chi connectivity index (χ1n) is 8.76. The van der Waals surface area contributed by atoms with E-state index in [9.17, 15) is 13.2 Å². The molecule has 1 saturated carbocycles. The third kappa shape index (κ3) is 5.18. The summed E-state index contributed by atoms with van der Waals surface area (Å²) in [5.74, 6) is 0.878. The maximum Gasteiger partial charge on any atom is 0.389 e. The van der Waals surface area contributed by atoms with E-state index in [4.69, 9.17) is 0 Å². The molecule has 0 N–H and O–H groups in total. The fraction of sp³-hybridized carbons (Fsp3) is 0.824. The number of fused-ring (bicyclic) bond motifs is 1. The fourth-order valence-electron chi connectivity index (χ4n) is 3.69. The summed E-state index contributed by atoms with van der Waals surface area (Å²) >= 11 is 1.49. The van der Waals surface area contributed by atoms with Crippen LogP contribution < -0.4 is 0 Å². The van der Waals surface area contributed by atoms with Gasteiger partial charge in [-0.2, -0.15) is 13.2 Å². The molecule has 0 saturated heterocycles. The Hall–Kier alpha value is -0.620. The van der Waals surface area contributed by atoms with Crippen LogP contribution in [0.15, 0.2) is 0 Å². The Balaban J connectivity index is 1.48. The molecule has 1 fully saturated rings. The van der Waals surface area contributed by atoms with E-state index in [1.165, 1.54) is 54.7 Å². The van der Waals surface area contributed by atoms with Gasteiger partial charge < -0.3 is 0 Å². The first-order valence-corrected chi connectivity index (χ1v) is 9.58. The number of aryl methyl sites for hydroxylation is 1. The number of halogens is 3. The van der Waals surface area contributed by atoms with Gasteiger partial charge in [0.25, 0.3) is 0 Å². The summed E-state index contributed by atoms with van der Waals surface area (Å²) in [5, 5.41) is 0.654. The first kappa shape index (κ1) is 17.2. The minimum absolute atomic E-state index is 0.0310. The van der Waals surface area contributed by atoms with Crippen molar-refractivity contribution in [3.05, 3.63) is 15.6 Å². The number of thiazole rings is 1. The van der Waals surface area contributed by atoms with E-state index in [1.54, 1.807) is 0 Å². The number of hydrogen-bond acceptors (Lipinski definition) is 3. The van der Waals surface area contributed by atoms with Gasteiger partial charge in [-0.15, -0.1) is 11.3 Å². The molecule has 0 unspecified atom stereocenters. The van der Waals surface area contributed by atoms with Crippen molar-refractivity contribution in [1.29, 1.82) is 0 Å². The number of alkyl halides is 3. The molecule has 6 heteroatoms. The van der Waals surface area contributed by atoms with Crippen LogP contribution in [0.25, 0.3) is 0 Å². The van der Waals surface area contributed by atoms with Crippen molar-refractivity contribution in [2.45, 2.75) is 70.5 Å². The lowest BCUT2D eigenvalue weighted by Crippen LogP contribution is -2.32. The quantitative estimate of drug-likeness (QED) is 0.748. The Morgan fingerprint density at radius 1 is 1.17 bits per heavy atom. The summed E-state index contributed by atoms with van der Waals surface area (Å²) in [4.78, 5) is 8.12. The standard InChI is InChI=1S/C17H25F3N2S/c18-17(19,20)9-6-16-21-14-12-22(11-8-15(14)23-16)10-7-13-4-2-1-3-5-13/h13H,1-12H2. The summed E-state index contributed by atoms with van der Waals surface area (Å²) in [6, 6.07) is 0. The molecule has 0 radical (unpaired) electrons. The zero-order chi connectivity index (χ0) is 16.3. The van der Waals surface area contributed by atoms with Crippen LogP contribution in [0.3, 0.4) is 0 Å². The molecule has 0 amide bonds. The average molecular weight is 346 g/mol. The van der Waals surface area contributed by atoms with Gasteiger partial charge >= 0.3 is 6.18 Å². The molecule has 0 bridgehead atoms. The molecule has 1 aromatic rings. The van der Waals surface area contributed by atoms with Gasteiger partial charge in [0.1, 0.15) is 0 Å². The van der Waals surface area contributed by atoms with Crippen molar-refractivity contribution in [2.24, 2.45) is 5.92 Å². The SMILES string of the molecule is FC(F)(F)CCc1nc2c(s1)CCN(CCC1CCCCC1)C2. The molecule has 23 heavy (non-hydrogen) atoms. The zero-order valence-electron chi connectivity index (χ0n) is 13.5. The highest BCUT2D eigenvalue weighted by Gasteiger charge is 2.28. The maximum atomic E-state index is 12.3. The fourth-order valence-corrected chi connectivity index (χ4v) is 4.76. The van der Waals surface area contributed by atoms with Gasteiger partial charge in [-0.05, 0) is 25.3 Å². The van der Waals surface area contributed by atoms with Crippen LogP contribution in [-0.4, -0.2) is 29.1 Å². The Labute approximate surface area is 140 Å². The molecule has 1 aromatic heterocycles. The third-order valence-corrected chi connectivity index (χ3v) is 6.27. The minimum atomic E-state index is -4.09. The van der Waals surface area contributed by atoms with Gasteiger partial charge in [-0.25, -0.2) is 4.98 Å². The number of nitrogens with zero attached hydrogens (tertiary/aromatic N) is 2. The van der Waals surface area contributed by atoms with Gasteiger partial charge in [-0.3, -0.25) is 4.90 Å². The molecule has 0 spiro atoms. The number of aromatic nitrogens is 1. The molecule has 3 rings (SSSR count). The average Bonchev–Trinajstić information content (AvgIpc) is 2.93. The number of hydrogen-bond donors (Lipinski definition) is 0. The Morgan fingerprint density at radius 3 is 2.70 bits per heavy atom. The first-order chi connectivity index (χ1) is 11.0. The lowest BCUT2D eigenvalue weighted by Gasteiger charge is -2.29. The number of rotatable bonds is 5. The van der Waals surface area contributed by atoms with Gasteiger partial charge in [0, 0.05) is 30.8 Å². The molecule has 2 nitrogen and oxygen atoms in total. The second kappa shape index (κ2) is 7.51. The van der Waals surface area contributed by atoms with Crippen LogP contribution >= 0.6 is 11.3 Å². The van der Waals surface area contributed by atoms with Gasteiger partial charge in [-0.1, -0.05) is 32.1 Å². The smallest absolute Gasteiger partial charge is 0.297 e. The monoisotopic (exact) mass is 346 g/mol. The molecular formula is C17H25F3N2S. The summed E-state index contributed by atoms with van der Waals surface area (Å²) in [6.07, 6.45) is 4.29. The summed E-state index contributed by atoms with van der Waals surface area (Å²) in [7, 11) is 0. The lowest BCUT2D eigenvalue weighted by atomic mass is 9.87. The molecule has 0 aromatic carbocycles. The Bertz CT molecular complexity index is 506. The Morgan fingerprint density at radius 2 is 1.96 bits per heavy atom. The van der Waals surface area contributed by atoms with Crippen molar-refractivity contribution in [1.82, 2.24) is 9.88 Å². The molecule has 1 aliphatic carbocycles. The van der Waals surface area contributed by atoms with E-state index >= 15 is 0 Å². The summed E-state index contributed by atoms with van der Waals surface area (Å²) < 4.78 is 37.0. The van der Waals surface area contributed by atoms with E-state index in [0.29, 0.717) is 5.01 Å². The van der Waals surface area contributed by atoms with E-state index < -0.39 is 12.6 Å². The zero-order valence-corrected chi connectivity index (χ0v) is 14.3. The second-order valence-electron chi connectivity index (χ2n) is 6.91. The van der Waals surface area contributed by atoms with Gasteiger partial charge in [0.2, 0.25) is 0 Å². The summed E-state index contributed by atoms with van der Waals surface area (Å²) in [6.45, 7) is 2.96. The molecular weight excluding hydrogens is 321 g/mol. The van der Waals surface area contributed by atoms with Gasteiger partial charge in [0.15, 0.2) is 0 Å². The topological polar surface area (TPSA) is 16.1 Å². The Kier molecular flexibility index (Phi) is 5.62. The van der Waals surface area contributed by atoms with Crippen molar-refractivity contribution in [3.63, 3.8) is 0 Å². The van der Waals surface area contributed by atoms with Crippen molar-refractivity contribution in [3.8, 4) is 0 Å². The van der Waals surface area contributed by atoms with Crippen LogP contribution in [0.1, 0.15) is 60.5 Å². The molecule has 130 valence electrons. The third-order valence-electron chi connectivity index (χ3n) is 5.05.